The van der Waals surface area contributed by atoms with Crippen molar-refractivity contribution in [2.45, 2.75) is 5.75 Å². The summed E-state index contributed by atoms with van der Waals surface area (Å²) in [5.74, 6) is 1.48. The fraction of sp³-hybridized carbons (Fsp3) is 0.333. The summed E-state index contributed by atoms with van der Waals surface area (Å²) in [5.41, 5.74) is 6.85. The van der Waals surface area contributed by atoms with E-state index in [1.165, 1.54) is 0 Å². The molecule has 0 bridgehead atoms. The van der Waals surface area contributed by atoms with E-state index in [0.717, 1.165) is 11.5 Å². The first-order valence-electron chi connectivity index (χ1n) is 5.54. The van der Waals surface area contributed by atoms with Crippen LogP contribution in [-0.4, -0.2) is 26.5 Å². The minimum atomic E-state index is -3.31. The summed E-state index contributed by atoms with van der Waals surface area (Å²) in [6.45, 7) is 4.02. The summed E-state index contributed by atoms with van der Waals surface area (Å²) in [6.07, 6.45) is 1.80. The van der Waals surface area contributed by atoms with Gasteiger partial charge in [-0.05, 0) is 11.6 Å². The van der Waals surface area contributed by atoms with Crippen LogP contribution in [0.4, 0.5) is 5.69 Å². The van der Waals surface area contributed by atoms with E-state index >= 15 is 0 Å². The Morgan fingerprint density at radius 3 is 2.78 bits per heavy atom. The molecule has 1 aromatic carbocycles. The van der Waals surface area contributed by atoms with Gasteiger partial charge >= 0.3 is 0 Å². The molecule has 0 saturated carbocycles. The normalized spacial score (nSPS) is 11.3. The topological polar surface area (TPSA) is 72.2 Å². The second-order valence-corrected chi connectivity index (χ2v) is 6.67. The minimum Gasteiger partial charge on any atom is -0.398 e. The molecule has 6 heteroatoms. The Hall–Kier alpha value is -0.980. The molecule has 0 aliphatic carbocycles. The Morgan fingerprint density at radius 2 is 2.11 bits per heavy atom. The van der Waals surface area contributed by atoms with Crippen molar-refractivity contribution < 1.29 is 8.42 Å². The lowest BCUT2D eigenvalue weighted by Crippen LogP contribution is -2.27. The standard InChI is InChI=1S/C12H18N2O2S2/c1-2-8-17-9-7-14-18(15,16)10-11-5-3-4-6-12(11)13/h2-6,14H,1,7-10,13H2. The van der Waals surface area contributed by atoms with Crippen molar-refractivity contribution in [3.8, 4) is 0 Å². The van der Waals surface area contributed by atoms with Crippen molar-refractivity contribution >= 4 is 27.5 Å². The highest BCUT2D eigenvalue weighted by Crippen LogP contribution is 2.13. The monoisotopic (exact) mass is 286 g/mol. The van der Waals surface area contributed by atoms with Gasteiger partial charge in [-0.3, -0.25) is 0 Å². The Balaban J connectivity index is 2.45. The van der Waals surface area contributed by atoms with Gasteiger partial charge in [-0.25, -0.2) is 13.1 Å². The van der Waals surface area contributed by atoms with Crippen molar-refractivity contribution in [1.29, 1.82) is 0 Å². The van der Waals surface area contributed by atoms with E-state index < -0.39 is 10.0 Å². The molecule has 0 fully saturated rings. The van der Waals surface area contributed by atoms with Gasteiger partial charge in [0.1, 0.15) is 0 Å². The zero-order chi connectivity index (χ0) is 13.4. The van der Waals surface area contributed by atoms with E-state index in [-0.39, 0.29) is 5.75 Å². The molecule has 18 heavy (non-hydrogen) atoms. The van der Waals surface area contributed by atoms with Crippen LogP contribution in [0.2, 0.25) is 0 Å². The lowest BCUT2D eigenvalue weighted by Gasteiger charge is -2.08. The number of benzene rings is 1. The van der Waals surface area contributed by atoms with Crippen LogP contribution < -0.4 is 10.5 Å². The Labute approximate surface area is 113 Å². The molecule has 0 aromatic heterocycles. The van der Waals surface area contributed by atoms with Gasteiger partial charge in [0, 0.05) is 23.7 Å². The molecule has 0 unspecified atom stereocenters. The third-order valence-corrected chi connectivity index (χ3v) is 4.50. The molecule has 0 aliphatic heterocycles. The fourth-order valence-corrected chi connectivity index (χ4v) is 3.25. The number of rotatable bonds is 8. The molecule has 0 amide bonds. The van der Waals surface area contributed by atoms with Gasteiger partial charge in [-0.1, -0.05) is 24.3 Å². The average Bonchev–Trinajstić information content (AvgIpc) is 2.31. The molecular formula is C12H18N2O2S2. The molecular weight excluding hydrogens is 268 g/mol. The summed E-state index contributed by atoms with van der Waals surface area (Å²) in [4.78, 5) is 0. The van der Waals surface area contributed by atoms with E-state index in [4.69, 9.17) is 5.73 Å². The second kappa shape index (κ2) is 7.45. The number of nitrogens with two attached hydrogens (primary N) is 1. The van der Waals surface area contributed by atoms with E-state index in [9.17, 15) is 8.42 Å². The van der Waals surface area contributed by atoms with Gasteiger partial charge in [0.25, 0.3) is 0 Å². The molecule has 3 N–H and O–H groups in total. The third-order valence-electron chi connectivity index (χ3n) is 2.20. The predicted molar refractivity (Wildman–Crippen MR) is 79.0 cm³/mol. The molecule has 0 atom stereocenters. The Morgan fingerprint density at radius 1 is 1.39 bits per heavy atom. The highest BCUT2D eigenvalue weighted by Gasteiger charge is 2.12. The molecule has 0 spiro atoms. The smallest absolute Gasteiger partial charge is 0.215 e. The van der Waals surface area contributed by atoms with E-state index in [1.807, 2.05) is 0 Å². The average molecular weight is 286 g/mol. The van der Waals surface area contributed by atoms with Crippen molar-refractivity contribution in [3.63, 3.8) is 0 Å². The zero-order valence-electron chi connectivity index (χ0n) is 10.1. The van der Waals surface area contributed by atoms with Gasteiger partial charge in [0.05, 0.1) is 5.75 Å². The first-order valence-corrected chi connectivity index (χ1v) is 8.35. The summed E-state index contributed by atoms with van der Waals surface area (Å²) in [5, 5.41) is 0. The Kier molecular flexibility index (Phi) is 6.24. The van der Waals surface area contributed by atoms with Crippen LogP contribution in [0.25, 0.3) is 0 Å². The van der Waals surface area contributed by atoms with Crippen LogP contribution in [0.3, 0.4) is 0 Å². The van der Waals surface area contributed by atoms with Gasteiger partial charge in [-0.15, -0.1) is 6.58 Å². The van der Waals surface area contributed by atoms with Crippen LogP contribution in [0.1, 0.15) is 5.56 Å². The summed E-state index contributed by atoms with van der Waals surface area (Å²) in [7, 11) is -3.31. The number of thioether (sulfide) groups is 1. The number of hydrogen-bond acceptors (Lipinski definition) is 4. The lowest BCUT2D eigenvalue weighted by molar-refractivity contribution is 0.583. The summed E-state index contributed by atoms with van der Waals surface area (Å²) >= 11 is 1.63. The minimum absolute atomic E-state index is 0.0776. The van der Waals surface area contributed by atoms with Crippen molar-refractivity contribution in [2.75, 3.05) is 23.8 Å². The number of sulfonamides is 1. The van der Waals surface area contributed by atoms with E-state index in [0.29, 0.717) is 17.8 Å². The molecule has 0 saturated heterocycles. The maximum absolute atomic E-state index is 11.8. The third kappa shape index (κ3) is 5.57. The van der Waals surface area contributed by atoms with Gasteiger partial charge in [0.2, 0.25) is 10.0 Å². The number of nitrogen functional groups attached to an aromatic ring is 1. The number of para-hydroxylation sites is 1. The van der Waals surface area contributed by atoms with Crippen molar-refractivity contribution in [2.24, 2.45) is 0 Å². The van der Waals surface area contributed by atoms with Gasteiger partial charge in [0.15, 0.2) is 0 Å². The second-order valence-electron chi connectivity index (χ2n) is 3.72. The molecule has 0 heterocycles. The maximum atomic E-state index is 11.8. The maximum Gasteiger partial charge on any atom is 0.215 e. The van der Waals surface area contributed by atoms with Crippen LogP contribution in [-0.2, 0) is 15.8 Å². The first-order chi connectivity index (χ1) is 8.55. The SMILES string of the molecule is C=CCSCCNS(=O)(=O)Cc1ccccc1N. The number of nitrogens with one attached hydrogen (secondary N) is 1. The first kappa shape index (κ1) is 15.1. The fourth-order valence-electron chi connectivity index (χ4n) is 1.36. The molecule has 1 rings (SSSR count). The molecule has 100 valence electrons. The molecule has 1 aromatic rings. The van der Waals surface area contributed by atoms with Crippen molar-refractivity contribution in [1.82, 2.24) is 4.72 Å². The predicted octanol–water partition coefficient (Wildman–Crippen LogP) is 1.61. The number of hydrogen-bond donors (Lipinski definition) is 2. The quantitative estimate of drug-likeness (QED) is 0.432. The summed E-state index contributed by atoms with van der Waals surface area (Å²) in [6, 6.07) is 6.98. The molecule has 0 radical (unpaired) electrons. The van der Waals surface area contributed by atoms with E-state index in [1.54, 1.807) is 42.1 Å². The zero-order valence-corrected chi connectivity index (χ0v) is 11.8. The van der Waals surface area contributed by atoms with Crippen molar-refractivity contribution in [3.05, 3.63) is 42.5 Å². The Bertz CT molecular complexity index is 487. The van der Waals surface area contributed by atoms with Gasteiger partial charge < -0.3 is 5.73 Å². The van der Waals surface area contributed by atoms with E-state index in [2.05, 4.69) is 11.3 Å². The van der Waals surface area contributed by atoms with Crippen LogP contribution in [0, 0.1) is 0 Å². The number of anilines is 1. The largest absolute Gasteiger partial charge is 0.398 e. The van der Waals surface area contributed by atoms with Crippen LogP contribution in [0.5, 0.6) is 0 Å². The highest BCUT2D eigenvalue weighted by atomic mass is 32.2. The lowest BCUT2D eigenvalue weighted by atomic mass is 10.2. The van der Waals surface area contributed by atoms with Crippen LogP contribution in [0.15, 0.2) is 36.9 Å². The highest BCUT2D eigenvalue weighted by molar-refractivity contribution is 7.99. The summed E-state index contributed by atoms with van der Waals surface area (Å²) < 4.78 is 26.1. The van der Waals surface area contributed by atoms with Crippen LogP contribution >= 0.6 is 11.8 Å². The van der Waals surface area contributed by atoms with Gasteiger partial charge in [-0.2, -0.15) is 11.8 Å². The molecule has 4 nitrogen and oxygen atoms in total. The molecule has 0 aliphatic rings.